The highest BCUT2D eigenvalue weighted by molar-refractivity contribution is 7.93. The molecule has 1 aliphatic heterocycles. The van der Waals surface area contributed by atoms with Crippen LogP contribution in [0.25, 0.3) is 10.8 Å². The Morgan fingerprint density at radius 1 is 1.05 bits per heavy atom. The van der Waals surface area contributed by atoms with Crippen LogP contribution in [0.15, 0.2) is 59.5 Å². The van der Waals surface area contributed by atoms with Crippen molar-refractivity contribution in [3.8, 4) is 0 Å². The molecule has 1 atom stereocenters. The Balaban J connectivity index is 1.33. The van der Waals surface area contributed by atoms with Gasteiger partial charge in [0, 0.05) is 30.9 Å². The second kappa shape index (κ2) is 12.0. The maximum absolute atomic E-state index is 13.7. The first-order valence-corrected chi connectivity index (χ1v) is 16.0. The highest BCUT2D eigenvalue weighted by Crippen LogP contribution is 2.42. The predicted molar refractivity (Wildman–Crippen MR) is 159 cm³/mol. The second-order valence-electron chi connectivity index (χ2n) is 10.5. The smallest absolute Gasteiger partial charge is 0.265 e. The van der Waals surface area contributed by atoms with E-state index in [4.69, 9.17) is 23.2 Å². The molecule has 1 heterocycles. The van der Waals surface area contributed by atoms with Crippen molar-refractivity contribution in [3.05, 3.63) is 70.2 Å². The van der Waals surface area contributed by atoms with Gasteiger partial charge < -0.3 is 10.2 Å². The van der Waals surface area contributed by atoms with Crippen molar-refractivity contribution in [3.63, 3.8) is 0 Å². The van der Waals surface area contributed by atoms with Gasteiger partial charge >= 0.3 is 0 Å². The molecule has 2 aliphatic rings. The van der Waals surface area contributed by atoms with Gasteiger partial charge in [-0.1, -0.05) is 73.3 Å². The fourth-order valence-electron chi connectivity index (χ4n) is 5.84. The number of nitrogens with zero attached hydrogens (tertiary/aromatic N) is 2. The Morgan fingerprint density at radius 2 is 1.77 bits per heavy atom. The van der Waals surface area contributed by atoms with Crippen molar-refractivity contribution in [2.75, 3.05) is 10.8 Å². The predicted octanol–water partition coefficient (Wildman–Crippen LogP) is 6.30. The van der Waals surface area contributed by atoms with Gasteiger partial charge in [-0.3, -0.25) is 13.9 Å². The fraction of sp³-hybridized carbons (Fsp3) is 0.400. The summed E-state index contributed by atoms with van der Waals surface area (Å²) in [5, 5.41) is 5.51. The highest BCUT2D eigenvalue weighted by atomic mass is 35.5. The molecule has 40 heavy (non-hydrogen) atoms. The zero-order chi connectivity index (χ0) is 28.4. The first-order chi connectivity index (χ1) is 19.2. The Hall–Kier alpha value is -2.81. The van der Waals surface area contributed by atoms with Gasteiger partial charge in [-0.15, -0.1) is 0 Å². The molecule has 3 aromatic carbocycles. The number of anilines is 1. The summed E-state index contributed by atoms with van der Waals surface area (Å²) in [4.78, 5) is 28.9. The standard InChI is InChI=1S/C30H33Cl2N3O4S/c1-2-25(30(37)33-22-10-3-4-11-22)34(19-20-15-16-23(31)24(32)18-20)28(36)14-7-17-35-26-12-5-8-21-9-6-13-27(29(21)26)40(35,38)39/h5-6,8-9,12-13,15-16,18,22,25H,2-4,7,10-11,14,17,19H2,1H3,(H,33,37)/t25-/m1/s1. The Morgan fingerprint density at radius 3 is 2.48 bits per heavy atom. The normalized spacial score (nSPS) is 16.8. The third kappa shape index (κ3) is 5.67. The van der Waals surface area contributed by atoms with Gasteiger partial charge in [0.05, 0.1) is 20.6 Å². The van der Waals surface area contributed by atoms with Crippen molar-refractivity contribution < 1.29 is 18.0 Å². The Labute approximate surface area is 245 Å². The van der Waals surface area contributed by atoms with E-state index in [0.717, 1.165) is 36.6 Å². The molecule has 0 spiro atoms. The average molecular weight is 603 g/mol. The van der Waals surface area contributed by atoms with E-state index in [1.54, 1.807) is 41.3 Å². The van der Waals surface area contributed by atoms with Crippen LogP contribution in [0, 0.1) is 0 Å². The first-order valence-electron chi connectivity index (χ1n) is 13.8. The molecule has 0 radical (unpaired) electrons. The molecule has 0 unspecified atom stereocenters. The quantitative estimate of drug-likeness (QED) is 0.295. The van der Waals surface area contributed by atoms with Crippen LogP contribution >= 0.6 is 23.2 Å². The van der Waals surface area contributed by atoms with Crippen LogP contribution < -0.4 is 9.62 Å². The lowest BCUT2D eigenvalue weighted by Crippen LogP contribution is -2.51. The number of carbonyl (C=O) groups excluding carboxylic acids is 2. The number of benzene rings is 3. The number of sulfonamides is 1. The molecule has 1 saturated carbocycles. The van der Waals surface area contributed by atoms with E-state index in [2.05, 4.69) is 5.32 Å². The highest BCUT2D eigenvalue weighted by Gasteiger charge is 2.36. The zero-order valence-electron chi connectivity index (χ0n) is 22.4. The number of hydrogen-bond donors (Lipinski definition) is 1. The monoisotopic (exact) mass is 601 g/mol. The summed E-state index contributed by atoms with van der Waals surface area (Å²) in [6, 6.07) is 15.5. The Kier molecular flexibility index (Phi) is 8.59. The summed E-state index contributed by atoms with van der Waals surface area (Å²) in [6.45, 7) is 2.25. The zero-order valence-corrected chi connectivity index (χ0v) is 24.7. The average Bonchev–Trinajstić information content (AvgIpc) is 3.52. The molecular formula is C30H33Cl2N3O4S. The molecule has 7 nitrogen and oxygen atoms in total. The summed E-state index contributed by atoms with van der Waals surface area (Å²) in [5.41, 5.74) is 1.40. The van der Waals surface area contributed by atoms with E-state index in [1.807, 2.05) is 25.1 Å². The van der Waals surface area contributed by atoms with Crippen LogP contribution in [0.1, 0.15) is 57.4 Å². The molecule has 0 aromatic heterocycles. The van der Waals surface area contributed by atoms with Crippen molar-refractivity contribution in [1.29, 1.82) is 0 Å². The number of nitrogens with one attached hydrogen (secondary N) is 1. The summed E-state index contributed by atoms with van der Waals surface area (Å²) in [5.74, 6) is -0.376. The van der Waals surface area contributed by atoms with Gasteiger partial charge in [-0.05, 0) is 60.9 Å². The second-order valence-corrected chi connectivity index (χ2v) is 13.1. The summed E-state index contributed by atoms with van der Waals surface area (Å²) in [6.07, 6.45) is 4.91. The number of hydrogen-bond acceptors (Lipinski definition) is 4. The van der Waals surface area contributed by atoms with Gasteiger partial charge in [-0.2, -0.15) is 0 Å². The molecule has 0 saturated heterocycles. The topological polar surface area (TPSA) is 86.8 Å². The lowest BCUT2D eigenvalue weighted by Gasteiger charge is -2.32. The van der Waals surface area contributed by atoms with Crippen LogP contribution in [0.3, 0.4) is 0 Å². The molecule has 5 rings (SSSR count). The van der Waals surface area contributed by atoms with Crippen LogP contribution in [0.2, 0.25) is 10.0 Å². The lowest BCUT2D eigenvalue weighted by atomic mass is 10.1. The lowest BCUT2D eigenvalue weighted by molar-refractivity contribution is -0.141. The summed E-state index contributed by atoms with van der Waals surface area (Å²) < 4.78 is 28.1. The van der Waals surface area contributed by atoms with Gasteiger partial charge in [0.1, 0.15) is 6.04 Å². The van der Waals surface area contributed by atoms with Gasteiger partial charge in [0.2, 0.25) is 11.8 Å². The van der Waals surface area contributed by atoms with Gasteiger partial charge in [-0.25, -0.2) is 8.42 Å². The molecule has 10 heteroatoms. The van der Waals surface area contributed by atoms with Crippen LogP contribution in [-0.2, 0) is 26.2 Å². The van der Waals surface area contributed by atoms with Crippen molar-refractivity contribution in [2.45, 2.75) is 75.4 Å². The number of amides is 2. The van der Waals surface area contributed by atoms with Crippen LogP contribution in [0.4, 0.5) is 5.69 Å². The minimum absolute atomic E-state index is 0.0902. The van der Waals surface area contributed by atoms with Crippen LogP contribution in [-0.4, -0.2) is 43.8 Å². The summed E-state index contributed by atoms with van der Waals surface area (Å²) >= 11 is 12.3. The maximum atomic E-state index is 13.7. The third-order valence-electron chi connectivity index (χ3n) is 7.86. The van der Waals surface area contributed by atoms with Crippen molar-refractivity contribution in [1.82, 2.24) is 10.2 Å². The van der Waals surface area contributed by atoms with E-state index in [9.17, 15) is 18.0 Å². The van der Waals surface area contributed by atoms with E-state index in [1.165, 1.54) is 4.31 Å². The number of carbonyl (C=O) groups is 2. The van der Waals surface area contributed by atoms with Crippen LogP contribution in [0.5, 0.6) is 0 Å². The first kappa shape index (κ1) is 28.7. The molecule has 3 aromatic rings. The third-order valence-corrected chi connectivity index (χ3v) is 10.5. The van der Waals surface area contributed by atoms with Crippen molar-refractivity contribution >= 4 is 61.5 Å². The van der Waals surface area contributed by atoms with Gasteiger partial charge in [0.15, 0.2) is 0 Å². The van der Waals surface area contributed by atoms with E-state index < -0.39 is 16.1 Å². The fourth-order valence-corrected chi connectivity index (χ4v) is 7.91. The molecule has 0 bridgehead atoms. The molecule has 1 N–H and O–H groups in total. The van der Waals surface area contributed by atoms with Crippen molar-refractivity contribution in [2.24, 2.45) is 0 Å². The van der Waals surface area contributed by atoms with E-state index in [0.29, 0.717) is 38.9 Å². The minimum atomic E-state index is -3.70. The molecule has 212 valence electrons. The largest absolute Gasteiger partial charge is 0.352 e. The SMILES string of the molecule is CC[C@H](C(=O)NC1CCCC1)N(Cc1ccc(Cl)c(Cl)c1)C(=O)CCCN1c2cccc3cccc(c23)S1(=O)=O. The minimum Gasteiger partial charge on any atom is -0.352 e. The molecule has 1 fully saturated rings. The van der Waals surface area contributed by atoms with E-state index >= 15 is 0 Å². The van der Waals surface area contributed by atoms with E-state index in [-0.39, 0.29) is 37.4 Å². The Bertz CT molecular complexity index is 1530. The summed E-state index contributed by atoms with van der Waals surface area (Å²) in [7, 11) is -3.70. The van der Waals surface area contributed by atoms with Gasteiger partial charge in [0.25, 0.3) is 10.0 Å². The number of halogens is 2. The molecule has 1 aliphatic carbocycles. The number of rotatable bonds is 10. The maximum Gasteiger partial charge on any atom is 0.265 e. The molecular weight excluding hydrogens is 569 g/mol. The molecule has 2 amide bonds.